The second kappa shape index (κ2) is 3.33. The molecule has 2 heteroatoms. The predicted octanol–water partition coefficient (Wildman–Crippen LogP) is 2.18. The average molecular weight is 230 g/mol. The molecule has 1 aromatic rings. The summed E-state index contributed by atoms with van der Waals surface area (Å²) in [6.45, 7) is 6.85. The molecule has 1 aliphatic heterocycles. The molecule has 0 atom stereocenters. The molecule has 2 aliphatic rings. The van der Waals surface area contributed by atoms with Gasteiger partial charge in [0.2, 0.25) is 0 Å². The van der Waals surface area contributed by atoms with Crippen molar-refractivity contribution in [2.75, 3.05) is 20.1 Å². The van der Waals surface area contributed by atoms with Gasteiger partial charge in [-0.25, -0.2) is 0 Å². The first-order valence-electron chi connectivity index (χ1n) is 6.48. The second-order valence-electron chi connectivity index (χ2n) is 6.43. The number of rotatable bonds is 1. The van der Waals surface area contributed by atoms with Gasteiger partial charge in [0.1, 0.15) is 0 Å². The summed E-state index contributed by atoms with van der Waals surface area (Å²) in [6.07, 6.45) is 2.32. The normalized spacial score (nSPS) is 25.4. The van der Waals surface area contributed by atoms with Gasteiger partial charge in [0, 0.05) is 18.6 Å². The molecule has 2 nitrogen and oxygen atoms in total. The third kappa shape index (κ3) is 1.54. The van der Waals surface area contributed by atoms with Gasteiger partial charge in [-0.15, -0.1) is 0 Å². The highest BCUT2D eigenvalue weighted by molar-refractivity contribution is 5.41. The summed E-state index contributed by atoms with van der Waals surface area (Å²) in [6, 6.07) is 6.54. The first-order chi connectivity index (χ1) is 7.94. The van der Waals surface area contributed by atoms with Crippen molar-refractivity contribution in [1.29, 1.82) is 0 Å². The summed E-state index contributed by atoms with van der Waals surface area (Å²) in [7, 11) is 2.19. The maximum absolute atomic E-state index is 6.61. The summed E-state index contributed by atoms with van der Waals surface area (Å²) in [4.78, 5) is 2.39. The molecular weight excluding hydrogens is 208 g/mol. The van der Waals surface area contributed by atoms with Crippen LogP contribution < -0.4 is 5.73 Å². The van der Waals surface area contributed by atoms with Crippen LogP contribution in [0.5, 0.6) is 0 Å². The summed E-state index contributed by atoms with van der Waals surface area (Å²) in [5.74, 6) is 0. The Labute approximate surface area is 104 Å². The SMILES string of the molecule is Cc1cccc(C2(N)CC3(CN(C)C3)C2)c1C. The highest BCUT2D eigenvalue weighted by Gasteiger charge is 2.58. The van der Waals surface area contributed by atoms with Crippen molar-refractivity contribution in [2.24, 2.45) is 11.1 Å². The van der Waals surface area contributed by atoms with E-state index in [0.29, 0.717) is 5.41 Å². The quantitative estimate of drug-likeness (QED) is 0.801. The molecule has 1 heterocycles. The van der Waals surface area contributed by atoms with Crippen LogP contribution in [0.2, 0.25) is 0 Å². The Morgan fingerprint density at radius 1 is 1.18 bits per heavy atom. The predicted molar refractivity (Wildman–Crippen MR) is 70.9 cm³/mol. The van der Waals surface area contributed by atoms with E-state index in [9.17, 15) is 0 Å². The third-order valence-electron chi connectivity index (χ3n) is 4.73. The standard InChI is InChI=1S/C15H22N2/c1-11-5-4-6-13(12(11)2)15(16)7-14(8-15)9-17(3)10-14/h4-6H,7-10,16H2,1-3H3. The lowest BCUT2D eigenvalue weighted by atomic mass is 9.52. The average Bonchev–Trinajstić information content (AvgIpc) is 2.17. The van der Waals surface area contributed by atoms with Crippen molar-refractivity contribution in [3.63, 3.8) is 0 Å². The molecule has 0 unspecified atom stereocenters. The van der Waals surface area contributed by atoms with Crippen molar-refractivity contribution in [3.8, 4) is 0 Å². The maximum atomic E-state index is 6.61. The molecule has 1 saturated carbocycles. The Morgan fingerprint density at radius 3 is 2.41 bits per heavy atom. The second-order valence-corrected chi connectivity index (χ2v) is 6.43. The third-order valence-corrected chi connectivity index (χ3v) is 4.73. The zero-order chi connectivity index (χ0) is 12.3. The van der Waals surface area contributed by atoms with E-state index in [4.69, 9.17) is 5.73 Å². The van der Waals surface area contributed by atoms with Gasteiger partial charge < -0.3 is 10.6 Å². The van der Waals surface area contributed by atoms with Gasteiger partial charge in [0.05, 0.1) is 0 Å². The van der Waals surface area contributed by atoms with Crippen LogP contribution in [0.4, 0.5) is 0 Å². The molecule has 1 aliphatic carbocycles. The molecule has 0 radical (unpaired) electrons. The Kier molecular flexibility index (Phi) is 2.20. The van der Waals surface area contributed by atoms with E-state index < -0.39 is 0 Å². The van der Waals surface area contributed by atoms with Crippen LogP contribution in [0.15, 0.2) is 18.2 Å². The highest BCUT2D eigenvalue weighted by atomic mass is 15.2. The Hall–Kier alpha value is -0.860. The Bertz CT molecular complexity index is 450. The number of nitrogens with two attached hydrogens (primary N) is 1. The van der Waals surface area contributed by atoms with Crippen LogP contribution >= 0.6 is 0 Å². The zero-order valence-electron chi connectivity index (χ0n) is 11.1. The minimum absolute atomic E-state index is 0.0582. The van der Waals surface area contributed by atoms with E-state index >= 15 is 0 Å². The molecule has 0 amide bonds. The number of likely N-dealkylation sites (tertiary alicyclic amines) is 1. The number of hydrogen-bond donors (Lipinski definition) is 1. The molecule has 1 saturated heterocycles. The van der Waals surface area contributed by atoms with Crippen molar-refractivity contribution in [3.05, 3.63) is 34.9 Å². The molecule has 0 bridgehead atoms. The first-order valence-corrected chi connectivity index (χ1v) is 6.48. The summed E-state index contributed by atoms with van der Waals surface area (Å²) in [5.41, 5.74) is 11.2. The molecule has 3 rings (SSSR count). The van der Waals surface area contributed by atoms with Crippen LogP contribution in [0.1, 0.15) is 29.5 Å². The van der Waals surface area contributed by atoms with E-state index in [0.717, 1.165) is 12.8 Å². The minimum Gasteiger partial charge on any atom is -0.321 e. The number of nitrogens with zero attached hydrogens (tertiary/aromatic N) is 1. The topological polar surface area (TPSA) is 29.3 Å². The number of aryl methyl sites for hydroxylation is 1. The van der Waals surface area contributed by atoms with E-state index in [1.165, 1.54) is 29.8 Å². The lowest BCUT2D eigenvalue weighted by Gasteiger charge is -2.63. The van der Waals surface area contributed by atoms with E-state index in [-0.39, 0.29) is 5.54 Å². The lowest BCUT2D eigenvalue weighted by Crippen LogP contribution is -2.68. The van der Waals surface area contributed by atoms with Crippen LogP contribution in [0.3, 0.4) is 0 Å². The van der Waals surface area contributed by atoms with Crippen LogP contribution in [-0.4, -0.2) is 25.0 Å². The van der Waals surface area contributed by atoms with Gasteiger partial charge in [-0.2, -0.15) is 0 Å². The monoisotopic (exact) mass is 230 g/mol. The highest BCUT2D eigenvalue weighted by Crippen LogP contribution is 2.57. The van der Waals surface area contributed by atoms with E-state index in [1.54, 1.807) is 0 Å². The van der Waals surface area contributed by atoms with Crippen molar-refractivity contribution >= 4 is 0 Å². The fourth-order valence-corrected chi connectivity index (χ4v) is 4.09. The molecule has 2 N–H and O–H groups in total. The van der Waals surface area contributed by atoms with E-state index in [1.807, 2.05) is 0 Å². The van der Waals surface area contributed by atoms with Crippen LogP contribution in [-0.2, 0) is 5.54 Å². The van der Waals surface area contributed by atoms with E-state index in [2.05, 4.69) is 44.0 Å². The fraction of sp³-hybridized carbons (Fsp3) is 0.600. The summed E-state index contributed by atoms with van der Waals surface area (Å²) < 4.78 is 0. The maximum Gasteiger partial charge on any atom is 0.0424 e. The summed E-state index contributed by atoms with van der Waals surface area (Å²) in [5, 5.41) is 0. The van der Waals surface area contributed by atoms with Crippen molar-refractivity contribution < 1.29 is 0 Å². The van der Waals surface area contributed by atoms with Gasteiger partial charge in [0.15, 0.2) is 0 Å². The van der Waals surface area contributed by atoms with Gasteiger partial charge in [0.25, 0.3) is 0 Å². The minimum atomic E-state index is -0.0582. The molecule has 2 fully saturated rings. The van der Waals surface area contributed by atoms with Crippen molar-refractivity contribution in [1.82, 2.24) is 4.90 Å². The molecule has 0 aromatic heterocycles. The fourth-order valence-electron chi connectivity index (χ4n) is 4.09. The molecular formula is C15H22N2. The first kappa shape index (κ1) is 11.2. The molecule has 1 spiro atoms. The Morgan fingerprint density at radius 2 is 1.82 bits per heavy atom. The van der Waals surface area contributed by atoms with Gasteiger partial charge in [-0.3, -0.25) is 0 Å². The Balaban J connectivity index is 1.84. The van der Waals surface area contributed by atoms with Crippen molar-refractivity contribution in [2.45, 2.75) is 32.2 Å². The number of hydrogen-bond acceptors (Lipinski definition) is 2. The smallest absolute Gasteiger partial charge is 0.0424 e. The molecule has 17 heavy (non-hydrogen) atoms. The van der Waals surface area contributed by atoms with Gasteiger partial charge in [-0.1, -0.05) is 18.2 Å². The van der Waals surface area contributed by atoms with Gasteiger partial charge >= 0.3 is 0 Å². The number of benzene rings is 1. The lowest BCUT2D eigenvalue weighted by molar-refractivity contribution is -0.0969. The molecule has 1 aromatic carbocycles. The van der Waals surface area contributed by atoms with Crippen LogP contribution in [0.25, 0.3) is 0 Å². The summed E-state index contributed by atoms with van der Waals surface area (Å²) >= 11 is 0. The van der Waals surface area contributed by atoms with Crippen LogP contribution in [0, 0.1) is 19.3 Å². The largest absolute Gasteiger partial charge is 0.321 e. The van der Waals surface area contributed by atoms with Gasteiger partial charge in [-0.05, 0) is 55.8 Å². The zero-order valence-corrected chi connectivity index (χ0v) is 11.1. The molecule has 92 valence electrons.